The molecule has 4 rings (SSSR count). The number of carbonyl (C=O) groups is 2. The molecule has 1 fully saturated rings. The van der Waals surface area contributed by atoms with E-state index in [2.05, 4.69) is 10.2 Å². The third kappa shape index (κ3) is 3.23. The first kappa shape index (κ1) is 17.1. The minimum atomic E-state index is -0.895. The highest BCUT2D eigenvalue weighted by atomic mass is 16.4. The summed E-state index contributed by atoms with van der Waals surface area (Å²) in [5.41, 5.74) is 1.78. The molecule has 7 heteroatoms. The van der Waals surface area contributed by atoms with Crippen LogP contribution in [-0.2, 0) is 4.79 Å². The predicted molar refractivity (Wildman–Crippen MR) is 97.2 cm³/mol. The number of carbonyl (C=O) groups excluding carboxylic acids is 1. The quantitative estimate of drug-likeness (QED) is 0.740. The van der Waals surface area contributed by atoms with Crippen LogP contribution >= 0.6 is 0 Å². The van der Waals surface area contributed by atoms with E-state index in [1.165, 1.54) is 0 Å². The molecular weight excluding hydrogens is 346 g/mol. The molecule has 0 aliphatic carbocycles. The Morgan fingerprint density at radius 3 is 2.63 bits per heavy atom. The maximum Gasteiger partial charge on any atom is 0.308 e. The lowest BCUT2D eigenvalue weighted by Gasteiger charge is -2.15. The number of hydrogen-bond acceptors (Lipinski definition) is 4. The Balaban J connectivity index is 1.56. The van der Waals surface area contributed by atoms with Gasteiger partial charge in [-0.3, -0.25) is 14.7 Å². The van der Waals surface area contributed by atoms with Crippen molar-refractivity contribution in [1.82, 2.24) is 15.1 Å². The van der Waals surface area contributed by atoms with Crippen LogP contribution in [0.2, 0.25) is 0 Å². The Labute approximate surface area is 155 Å². The number of aliphatic carboxylic acids is 1. The van der Waals surface area contributed by atoms with Crippen molar-refractivity contribution in [2.75, 3.05) is 13.1 Å². The number of hydrogen-bond donors (Lipinski definition) is 2. The van der Waals surface area contributed by atoms with Crippen molar-refractivity contribution < 1.29 is 19.1 Å². The van der Waals surface area contributed by atoms with Gasteiger partial charge < -0.3 is 14.4 Å². The van der Waals surface area contributed by atoms with E-state index >= 15 is 0 Å². The minimum Gasteiger partial charge on any atom is -0.481 e. The molecule has 2 N–H and O–H groups in total. The summed E-state index contributed by atoms with van der Waals surface area (Å²) in [6.45, 7) is 2.35. The van der Waals surface area contributed by atoms with E-state index < -0.39 is 11.9 Å². The molecule has 1 aliphatic heterocycles. The fourth-order valence-electron chi connectivity index (χ4n) is 3.56. The second kappa shape index (κ2) is 6.75. The number of nitrogens with zero attached hydrogens (tertiary/aromatic N) is 2. The van der Waals surface area contributed by atoms with Crippen molar-refractivity contribution in [2.45, 2.75) is 12.8 Å². The summed E-state index contributed by atoms with van der Waals surface area (Å²) >= 11 is 0. The molecule has 3 heterocycles. The first-order chi connectivity index (χ1) is 13.0. The van der Waals surface area contributed by atoms with E-state index in [4.69, 9.17) is 4.42 Å². The fourth-order valence-corrected chi connectivity index (χ4v) is 3.56. The summed E-state index contributed by atoms with van der Waals surface area (Å²) in [6, 6.07) is 14.7. The monoisotopic (exact) mass is 365 g/mol. The van der Waals surface area contributed by atoms with Crippen molar-refractivity contribution in [3.05, 3.63) is 65.5 Å². The first-order valence-electron chi connectivity index (χ1n) is 8.72. The number of rotatable bonds is 4. The van der Waals surface area contributed by atoms with Gasteiger partial charge in [0.05, 0.1) is 5.92 Å². The number of aromatic nitrogens is 2. The van der Waals surface area contributed by atoms with Gasteiger partial charge in [0.2, 0.25) is 0 Å². The fraction of sp³-hybridized carbons (Fsp3) is 0.250. The number of carboxylic acid groups (broad SMARTS) is 1. The van der Waals surface area contributed by atoms with E-state index in [1.54, 1.807) is 17.0 Å². The largest absolute Gasteiger partial charge is 0.481 e. The zero-order valence-corrected chi connectivity index (χ0v) is 14.8. The number of aryl methyl sites for hydroxylation is 1. The van der Waals surface area contributed by atoms with Crippen LogP contribution in [0, 0.1) is 12.8 Å². The Morgan fingerprint density at radius 1 is 1.19 bits per heavy atom. The molecule has 138 valence electrons. The normalized spacial score (nSPS) is 19.4. The molecule has 3 aromatic rings. The van der Waals surface area contributed by atoms with E-state index in [0.717, 1.165) is 11.3 Å². The van der Waals surface area contributed by atoms with Gasteiger partial charge in [0, 0.05) is 25.1 Å². The summed E-state index contributed by atoms with van der Waals surface area (Å²) in [5, 5.41) is 16.5. The molecule has 7 nitrogen and oxygen atoms in total. The topological polar surface area (TPSA) is 99.4 Å². The van der Waals surface area contributed by atoms with Crippen LogP contribution in [0.25, 0.3) is 11.5 Å². The molecule has 1 aliphatic rings. The third-order valence-electron chi connectivity index (χ3n) is 4.95. The van der Waals surface area contributed by atoms with E-state index in [1.807, 2.05) is 43.3 Å². The van der Waals surface area contributed by atoms with Gasteiger partial charge in [-0.25, -0.2) is 0 Å². The lowest BCUT2D eigenvalue weighted by atomic mass is 9.89. The molecule has 2 atom stereocenters. The van der Waals surface area contributed by atoms with Crippen molar-refractivity contribution in [3.63, 3.8) is 0 Å². The van der Waals surface area contributed by atoms with E-state index in [-0.39, 0.29) is 24.1 Å². The van der Waals surface area contributed by atoms with Crippen LogP contribution in [-0.4, -0.2) is 45.2 Å². The molecule has 0 bridgehead atoms. The molecular formula is C20H19N3O4. The van der Waals surface area contributed by atoms with Crippen LogP contribution in [0.3, 0.4) is 0 Å². The smallest absolute Gasteiger partial charge is 0.308 e. The second-order valence-electron chi connectivity index (χ2n) is 6.75. The number of H-pyrrole nitrogens is 1. The number of furan rings is 1. The van der Waals surface area contributed by atoms with Gasteiger partial charge >= 0.3 is 5.97 Å². The molecule has 0 radical (unpaired) electrons. The van der Waals surface area contributed by atoms with Gasteiger partial charge in [-0.05, 0) is 24.6 Å². The molecule has 2 unspecified atom stereocenters. The molecule has 0 saturated carbocycles. The highest BCUT2D eigenvalue weighted by Gasteiger charge is 2.41. The lowest BCUT2D eigenvalue weighted by molar-refractivity contribution is -0.141. The highest BCUT2D eigenvalue weighted by Crippen LogP contribution is 2.33. The van der Waals surface area contributed by atoms with E-state index in [9.17, 15) is 14.7 Å². The van der Waals surface area contributed by atoms with Crippen LogP contribution in [0.15, 0.2) is 52.9 Å². The molecule has 1 amide bonds. The highest BCUT2D eigenvalue weighted by molar-refractivity contribution is 5.94. The maximum absolute atomic E-state index is 12.9. The van der Waals surface area contributed by atoms with Crippen molar-refractivity contribution in [1.29, 1.82) is 0 Å². The number of carboxylic acids is 1. The zero-order chi connectivity index (χ0) is 19.0. The molecule has 2 aromatic heterocycles. The number of aromatic amines is 1. The van der Waals surface area contributed by atoms with Gasteiger partial charge in [-0.2, -0.15) is 5.10 Å². The molecule has 0 spiro atoms. The predicted octanol–water partition coefficient (Wildman–Crippen LogP) is 2.92. The average molecular weight is 365 g/mol. The standard InChI is InChI=1S/C20H19N3O4/c1-12-7-8-18(27-12)16-9-17(22-21-16)19(24)23-10-14(15(11-23)20(25)26)13-5-3-2-4-6-13/h2-9,14-15H,10-11H2,1H3,(H,21,22)(H,25,26). The van der Waals surface area contributed by atoms with Crippen LogP contribution in [0.5, 0.6) is 0 Å². The maximum atomic E-state index is 12.9. The first-order valence-corrected chi connectivity index (χ1v) is 8.72. The summed E-state index contributed by atoms with van der Waals surface area (Å²) in [5.74, 6) is -0.687. The Hall–Kier alpha value is -3.35. The number of benzene rings is 1. The summed E-state index contributed by atoms with van der Waals surface area (Å²) in [7, 11) is 0. The Morgan fingerprint density at radius 2 is 1.96 bits per heavy atom. The third-order valence-corrected chi connectivity index (χ3v) is 4.95. The van der Waals surface area contributed by atoms with Crippen LogP contribution < -0.4 is 0 Å². The SMILES string of the molecule is Cc1ccc(-c2cc(C(=O)N3CC(C(=O)O)C(c4ccccc4)C3)n[nH]2)o1. The van der Waals surface area contributed by atoms with Gasteiger partial charge in [0.25, 0.3) is 5.91 Å². The summed E-state index contributed by atoms with van der Waals surface area (Å²) < 4.78 is 5.54. The Kier molecular flexibility index (Phi) is 4.27. The minimum absolute atomic E-state index is 0.162. The second-order valence-corrected chi connectivity index (χ2v) is 6.75. The van der Waals surface area contributed by atoms with Gasteiger partial charge in [-0.15, -0.1) is 0 Å². The van der Waals surface area contributed by atoms with Crippen LogP contribution in [0.4, 0.5) is 0 Å². The number of nitrogens with one attached hydrogen (secondary N) is 1. The lowest BCUT2D eigenvalue weighted by Crippen LogP contribution is -2.30. The van der Waals surface area contributed by atoms with Crippen LogP contribution in [0.1, 0.15) is 27.7 Å². The summed E-state index contributed by atoms with van der Waals surface area (Å²) in [6.07, 6.45) is 0. The Bertz CT molecular complexity index is 976. The average Bonchev–Trinajstić information content (AvgIpc) is 3.40. The van der Waals surface area contributed by atoms with Crippen molar-refractivity contribution in [2.24, 2.45) is 5.92 Å². The molecule has 1 saturated heterocycles. The van der Waals surface area contributed by atoms with Gasteiger partial charge in [0.1, 0.15) is 11.5 Å². The van der Waals surface area contributed by atoms with Gasteiger partial charge in [0.15, 0.2) is 11.5 Å². The van der Waals surface area contributed by atoms with E-state index in [0.29, 0.717) is 18.0 Å². The number of likely N-dealkylation sites (tertiary alicyclic amines) is 1. The van der Waals surface area contributed by atoms with Gasteiger partial charge in [-0.1, -0.05) is 30.3 Å². The van der Waals surface area contributed by atoms with Crippen molar-refractivity contribution >= 4 is 11.9 Å². The number of amides is 1. The molecule has 27 heavy (non-hydrogen) atoms. The zero-order valence-electron chi connectivity index (χ0n) is 14.8. The molecule has 1 aromatic carbocycles. The summed E-state index contributed by atoms with van der Waals surface area (Å²) in [4.78, 5) is 26.1. The van der Waals surface area contributed by atoms with Crippen molar-refractivity contribution in [3.8, 4) is 11.5 Å².